The molecule has 0 spiro atoms. The largest absolute Gasteiger partial charge is 0.394 e. The molecule has 0 bridgehead atoms. The molecule has 2 N–H and O–H groups in total. The van der Waals surface area contributed by atoms with Gasteiger partial charge in [-0.15, -0.1) is 0 Å². The van der Waals surface area contributed by atoms with Gasteiger partial charge in [0.15, 0.2) is 0 Å². The van der Waals surface area contributed by atoms with E-state index in [0.717, 1.165) is 16.7 Å². The van der Waals surface area contributed by atoms with E-state index in [-0.39, 0.29) is 42.7 Å². The number of aliphatic hydroxyl groups excluding tert-OH is 1. The zero-order valence-electron chi connectivity index (χ0n) is 22.4. The molecular formula is C29H41N3O4. The number of fused-ring (bicyclic) bond motifs is 3. The van der Waals surface area contributed by atoms with Crippen LogP contribution in [-0.4, -0.2) is 71.8 Å². The number of carbonyl (C=O) groups is 2. The molecule has 0 radical (unpaired) electrons. The standard InChI is InChI=1S/C29H41N3O4/c1-19(2)22(5)30-29(35)31(6)16-27-20(3)15-32(21(4)17-33)28(34)26-14-10-9-13-25(26)24-12-8-7-11-23(24)18-36-27/h7-14,19-22,27,33H,15-18H2,1-6H3,(H,30,35)/t20-,21-,22-,27-/m0/s1. The maximum Gasteiger partial charge on any atom is 0.317 e. The SMILES string of the molecule is CC(C)[C@H](C)NC(=O)N(C)C[C@@H]1OCc2ccccc2-c2ccccc2C(=O)N([C@@H](C)CO)C[C@@H]1C. The number of ether oxygens (including phenoxy) is 1. The lowest BCUT2D eigenvalue weighted by molar-refractivity contribution is -0.0185. The van der Waals surface area contributed by atoms with Crippen LogP contribution in [0.4, 0.5) is 4.79 Å². The normalized spacial score (nSPS) is 20.1. The summed E-state index contributed by atoms with van der Waals surface area (Å²) in [6.07, 6.45) is -0.314. The fraction of sp³-hybridized carbons (Fsp3) is 0.517. The summed E-state index contributed by atoms with van der Waals surface area (Å²) in [6.45, 7) is 11.0. The molecule has 0 unspecified atom stereocenters. The predicted octanol–water partition coefficient (Wildman–Crippen LogP) is 4.40. The van der Waals surface area contributed by atoms with Crippen molar-refractivity contribution in [1.82, 2.24) is 15.1 Å². The molecule has 36 heavy (non-hydrogen) atoms. The molecule has 4 atom stereocenters. The Balaban J connectivity index is 1.97. The molecule has 2 aromatic carbocycles. The Hall–Kier alpha value is -2.90. The van der Waals surface area contributed by atoms with Crippen LogP contribution in [-0.2, 0) is 11.3 Å². The van der Waals surface area contributed by atoms with Crippen molar-refractivity contribution in [3.8, 4) is 11.1 Å². The summed E-state index contributed by atoms with van der Waals surface area (Å²) in [4.78, 5) is 30.1. The summed E-state index contributed by atoms with van der Waals surface area (Å²) in [5.41, 5.74) is 3.39. The first-order chi connectivity index (χ1) is 17.1. The van der Waals surface area contributed by atoms with Gasteiger partial charge >= 0.3 is 6.03 Å². The minimum Gasteiger partial charge on any atom is -0.394 e. The summed E-state index contributed by atoms with van der Waals surface area (Å²) in [6, 6.07) is 15.1. The highest BCUT2D eigenvalue weighted by Gasteiger charge is 2.31. The Morgan fingerprint density at radius 1 is 1.08 bits per heavy atom. The van der Waals surface area contributed by atoms with Crippen LogP contribution in [0.15, 0.2) is 48.5 Å². The van der Waals surface area contributed by atoms with Gasteiger partial charge in [-0.3, -0.25) is 4.79 Å². The number of benzene rings is 2. The summed E-state index contributed by atoms with van der Waals surface area (Å²) in [5, 5.41) is 13.0. The lowest BCUT2D eigenvalue weighted by Gasteiger charge is -2.35. The zero-order valence-corrected chi connectivity index (χ0v) is 22.4. The molecule has 0 saturated heterocycles. The first kappa shape index (κ1) is 27.7. The Kier molecular flexibility index (Phi) is 9.51. The molecule has 0 aromatic heterocycles. The molecule has 0 saturated carbocycles. The van der Waals surface area contributed by atoms with E-state index in [9.17, 15) is 14.7 Å². The number of urea groups is 1. The first-order valence-electron chi connectivity index (χ1n) is 12.9. The molecule has 3 amide bonds. The van der Waals surface area contributed by atoms with Crippen LogP contribution < -0.4 is 5.32 Å². The van der Waals surface area contributed by atoms with Crippen molar-refractivity contribution in [2.75, 3.05) is 26.7 Å². The van der Waals surface area contributed by atoms with E-state index in [0.29, 0.717) is 31.2 Å². The summed E-state index contributed by atoms with van der Waals surface area (Å²) in [7, 11) is 1.77. The minimum absolute atomic E-state index is 0.0507. The van der Waals surface area contributed by atoms with Gasteiger partial charge in [-0.25, -0.2) is 4.79 Å². The van der Waals surface area contributed by atoms with Crippen molar-refractivity contribution in [2.24, 2.45) is 11.8 Å². The average Bonchev–Trinajstić information content (AvgIpc) is 2.89. The minimum atomic E-state index is -0.363. The topological polar surface area (TPSA) is 82.1 Å². The second-order valence-corrected chi connectivity index (χ2v) is 10.4. The van der Waals surface area contributed by atoms with Gasteiger partial charge in [0.05, 0.1) is 25.4 Å². The molecule has 196 valence electrons. The van der Waals surface area contributed by atoms with Crippen molar-refractivity contribution < 1.29 is 19.4 Å². The van der Waals surface area contributed by atoms with E-state index >= 15 is 0 Å². The van der Waals surface area contributed by atoms with Gasteiger partial charge in [-0.1, -0.05) is 63.2 Å². The van der Waals surface area contributed by atoms with Gasteiger partial charge < -0.3 is 25.0 Å². The Labute approximate surface area is 215 Å². The zero-order chi connectivity index (χ0) is 26.4. The van der Waals surface area contributed by atoms with Crippen molar-refractivity contribution in [3.05, 3.63) is 59.7 Å². The quantitative estimate of drug-likeness (QED) is 0.623. The molecule has 3 rings (SSSR count). The number of hydrogen-bond acceptors (Lipinski definition) is 4. The smallest absolute Gasteiger partial charge is 0.317 e. The van der Waals surface area contributed by atoms with E-state index in [1.54, 1.807) is 16.8 Å². The highest BCUT2D eigenvalue weighted by atomic mass is 16.5. The van der Waals surface area contributed by atoms with E-state index in [1.165, 1.54) is 0 Å². The van der Waals surface area contributed by atoms with Crippen LogP contribution in [0.25, 0.3) is 11.1 Å². The summed E-state index contributed by atoms with van der Waals surface area (Å²) < 4.78 is 6.48. The number of nitrogens with one attached hydrogen (secondary N) is 1. The van der Waals surface area contributed by atoms with Crippen LogP contribution >= 0.6 is 0 Å². The van der Waals surface area contributed by atoms with Crippen LogP contribution in [0.3, 0.4) is 0 Å². The number of nitrogens with zero attached hydrogens (tertiary/aromatic N) is 2. The lowest BCUT2D eigenvalue weighted by atomic mass is 9.94. The third-order valence-corrected chi connectivity index (χ3v) is 7.25. The van der Waals surface area contributed by atoms with Gasteiger partial charge in [-0.2, -0.15) is 0 Å². The molecular weight excluding hydrogens is 454 g/mol. The molecule has 0 fully saturated rings. The van der Waals surface area contributed by atoms with E-state index in [2.05, 4.69) is 19.2 Å². The number of carbonyl (C=O) groups excluding carboxylic acids is 2. The number of amides is 3. The monoisotopic (exact) mass is 495 g/mol. The third-order valence-electron chi connectivity index (χ3n) is 7.25. The Bertz CT molecular complexity index is 1040. The van der Waals surface area contributed by atoms with Gasteiger partial charge in [0, 0.05) is 37.7 Å². The number of aliphatic hydroxyl groups is 1. The number of rotatable bonds is 6. The second kappa shape index (κ2) is 12.4. The fourth-order valence-electron chi connectivity index (χ4n) is 4.38. The van der Waals surface area contributed by atoms with E-state index < -0.39 is 0 Å². The van der Waals surface area contributed by atoms with Crippen LogP contribution in [0, 0.1) is 11.8 Å². The maximum absolute atomic E-state index is 13.8. The third kappa shape index (κ3) is 6.45. The number of likely N-dealkylation sites (N-methyl/N-ethyl adjacent to an activating group) is 1. The van der Waals surface area contributed by atoms with Crippen LogP contribution in [0.1, 0.15) is 50.5 Å². The van der Waals surface area contributed by atoms with E-state index in [1.807, 2.05) is 69.3 Å². The number of hydrogen-bond donors (Lipinski definition) is 2. The maximum atomic E-state index is 13.8. The molecule has 7 heteroatoms. The molecule has 7 nitrogen and oxygen atoms in total. The highest BCUT2D eigenvalue weighted by Crippen LogP contribution is 2.31. The summed E-state index contributed by atoms with van der Waals surface area (Å²) >= 11 is 0. The fourth-order valence-corrected chi connectivity index (χ4v) is 4.38. The molecule has 2 aromatic rings. The van der Waals surface area contributed by atoms with Crippen molar-refractivity contribution in [1.29, 1.82) is 0 Å². The van der Waals surface area contributed by atoms with Gasteiger partial charge in [0.1, 0.15) is 0 Å². The predicted molar refractivity (Wildman–Crippen MR) is 143 cm³/mol. The second-order valence-electron chi connectivity index (χ2n) is 10.4. The Morgan fingerprint density at radius 2 is 1.69 bits per heavy atom. The molecule has 1 heterocycles. The molecule has 1 aliphatic rings. The highest BCUT2D eigenvalue weighted by molar-refractivity contribution is 6.01. The average molecular weight is 496 g/mol. The van der Waals surface area contributed by atoms with Gasteiger partial charge in [0.2, 0.25) is 0 Å². The van der Waals surface area contributed by atoms with Crippen molar-refractivity contribution >= 4 is 11.9 Å². The Morgan fingerprint density at radius 3 is 2.33 bits per heavy atom. The van der Waals surface area contributed by atoms with Crippen LogP contribution in [0.5, 0.6) is 0 Å². The lowest BCUT2D eigenvalue weighted by Crippen LogP contribution is -2.50. The van der Waals surface area contributed by atoms with Crippen LogP contribution in [0.2, 0.25) is 0 Å². The summed E-state index contributed by atoms with van der Waals surface area (Å²) in [5.74, 6) is 0.122. The molecule has 0 aliphatic carbocycles. The van der Waals surface area contributed by atoms with Crippen molar-refractivity contribution in [3.63, 3.8) is 0 Å². The van der Waals surface area contributed by atoms with Gasteiger partial charge in [0.25, 0.3) is 5.91 Å². The van der Waals surface area contributed by atoms with Crippen molar-refractivity contribution in [2.45, 2.75) is 59.4 Å². The van der Waals surface area contributed by atoms with Gasteiger partial charge in [-0.05, 0) is 42.5 Å². The first-order valence-corrected chi connectivity index (χ1v) is 12.9. The molecule has 1 aliphatic heterocycles. The van der Waals surface area contributed by atoms with E-state index in [4.69, 9.17) is 4.74 Å².